The van der Waals surface area contributed by atoms with Gasteiger partial charge in [0, 0.05) is 24.2 Å². The van der Waals surface area contributed by atoms with Gasteiger partial charge in [-0.25, -0.2) is 12.7 Å². The minimum atomic E-state index is -3.17. The van der Waals surface area contributed by atoms with E-state index in [1.807, 2.05) is 0 Å². The third kappa shape index (κ3) is 3.01. The molecule has 25 heavy (non-hydrogen) atoms. The van der Waals surface area contributed by atoms with E-state index >= 15 is 0 Å². The number of phenols is 1. The molecule has 0 aromatic heterocycles. The van der Waals surface area contributed by atoms with Crippen molar-refractivity contribution in [2.45, 2.75) is 30.6 Å². The van der Waals surface area contributed by atoms with Gasteiger partial charge in [0.15, 0.2) is 0 Å². The number of amides is 1. The molecule has 1 amide bonds. The Morgan fingerprint density at radius 1 is 1.20 bits per heavy atom. The lowest BCUT2D eigenvalue weighted by molar-refractivity contribution is 0.0224. The number of halogens is 2. The van der Waals surface area contributed by atoms with E-state index in [9.17, 15) is 18.3 Å². The molecule has 2 aliphatic heterocycles. The molecule has 6 nitrogen and oxygen atoms in total. The van der Waals surface area contributed by atoms with Crippen molar-refractivity contribution < 1.29 is 18.3 Å². The predicted octanol–water partition coefficient (Wildman–Crippen LogP) is 2.24. The number of hydrogen-bond donors (Lipinski definition) is 2. The van der Waals surface area contributed by atoms with Gasteiger partial charge >= 0.3 is 0 Å². The Bertz CT molecular complexity index is 829. The van der Waals surface area contributed by atoms with E-state index < -0.39 is 15.9 Å². The van der Waals surface area contributed by atoms with Crippen LogP contribution in [0.5, 0.6) is 5.75 Å². The van der Waals surface area contributed by atoms with Crippen molar-refractivity contribution >= 4 is 39.1 Å². The van der Waals surface area contributed by atoms with Gasteiger partial charge in [-0.1, -0.05) is 23.2 Å². The molecule has 5 rings (SSSR count). The Labute approximate surface area is 156 Å². The highest BCUT2D eigenvalue weighted by molar-refractivity contribution is 7.90. The maximum atomic E-state index is 12.5. The molecule has 2 bridgehead atoms. The first kappa shape index (κ1) is 17.4. The first-order valence-electron chi connectivity index (χ1n) is 8.25. The maximum absolute atomic E-state index is 12.5. The number of aromatic hydroxyl groups is 1. The maximum Gasteiger partial charge on any atom is 0.255 e. The van der Waals surface area contributed by atoms with Gasteiger partial charge in [0.1, 0.15) is 5.75 Å². The summed E-state index contributed by atoms with van der Waals surface area (Å²) in [5.41, 5.74) is 0.0323. The quantitative estimate of drug-likeness (QED) is 0.805. The van der Waals surface area contributed by atoms with Crippen LogP contribution in [0.3, 0.4) is 0 Å². The average Bonchev–Trinajstić information content (AvgIpc) is 3.41. The second-order valence-corrected chi connectivity index (χ2v) is 10.2. The summed E-state index contributed by atoms with van der Waals surface area (Å²) < 4.78 is 26.3. The third-order valence-electron chi connectivity index (χ3n) is 5.37. The highest BCUT2D eigenvalue weighted by Gasteiger charge is 2.52. The summed E-state index contributed by atoms with van der Waals surface area (Å²) in [6, 6.07) is 2.65. The van der Waals surface area contributed by atoms with E-state index in [0.29, 0.717) is 13.1 Å². The molecule has 4 fully saturated rings. The van der Waals surface area contributed by atoms with Crippen molar-refractivity contribution in [2.24, 2.45) is 11.8 Å². The molecule has 2 saturated heterocycles. The molecule has 9 heteroatoms. The van der Waals surface area contributed by atoms with E-state index in [0.717, 1.165) is 19.3 Å². The van der Waals surface area contributed by atoms with E-state index in [4.69, 9.17) is 23.2 Å². The highest BCUT2D eigenvalue weighted by atomic mass is 35.5. The van der Waals surface area contributed by atoms with Gasteiger partial charge in [0.25, 0.3) is 5.91 Å². The number of carbonyl (C=O) groups excluding carboxylic acids is 1. The topological polar surface area (TPSA) is 86.7 Å². The zero-order valence-corrected chi connectivity index (χ0v) is 15.6. The fourth-order valence-electron chi connectivity index (χ4n) is 3.83. The van der Waals surface area contributed by atoms with Crippen LogP contribution in [0.4, 0.5) is 0 Å². The average molecular weight is 405 g/mol. The summed E-state index contributed by atoms with van der Waals surface area (Å²) in [5, 5.41) is 13.0. The Morgan fingerprint density at radius 3 is 2.44 bits per heavy atom. The summed E-state index contributed by atoms with van der Waals surface area (Å²) in [5.74, 6) is -0.535. The van der Waals surface area contributed by atoms with Gasteiger partial charge in [-0.05, 0) is 43.2 Å². The first-order valence-corrected chi connectivity index (χ1v) is 10.5. The lowest BCUT2D eigenvalue weighted by atomic mass is 9.67. The third-order valence-corrected chi connectivity index (χ3v) is 8.21. The second-order valence-electron chi connectivity index (χ2n) is 7.10. The molecule has 0 radical (unpaired) electrons. The summed E-state index contributed by atoms with van der Waals surface area (Å²) in [6.07, 6.45) is 2.41. The number of fused-ring (bicyclic) bond motifs is 2. The van der Waals surface area contributed by atoms with Crippen molar-refractivity contribution in [1.82, 2.24) is 9.62 Å². The number of nitrogens with one attached hydrogen (secondary N) is 1. The van der Waals surface area contributed by atoms with E-state index in [1.54, 1.807) is 4.31 Å². The number of sulfonamides is 1. The van der Waals surface area contributed by atoms with Gasteiger partial charge < -0.3 is 10.4 Å². The zero-order valence-electron chi connectivity index (χ0n) is 13.3. The summed E-state index contributed by atoms with van der Waals surface area (Å²) in [6.45, 7) is 0.894. The SMILES string of the molecule is O=C(NC1C2CC1CN(S(=O)(=O)C1CC1)C2)c1cc(Cl)cc(Cl)c1O. The van der Waals surface area contributed by atoms with E-state index in [-0.39, 0.29) is 44.5 Å². The summed E-state index contributed by atoms with van der Waals surface area (Å²) in [4.78, 5) is 12.5. The van der Waals surface area contributed by atoms with Gasteiger partial charge in [-0.15, -0.1) is 0 Å². The molecule has 2 heterocycles. The first-order chi connectivity index (χ1) is 11.8. The number of phenolic OH excluding ortho intramolecular Hbond substituents is 1. The lowest BCUT2D eigenvalue weighted by Crippen LogP contribution is -2.65. The second kappa shape index (κ2) is 6.01. The number of benzene rings is 1. The van der Waals surface area contributed by atoms with Crippen molar-refractivity contribution in [3.63, 3.8) is 0 Å². The van der Waals surface area contributed by atoms with Crippen LogP contribution in [0, 0.1) is 11.8 Å². The van der Waals surface area contributed by atoms with Crippen LogP contribution in [0.2, 0.25) is 10.0 Å². The monoisotopic (exact) mass is 404 g/mol. The van der Waals surface area contributed by atoms with Crippen molar-refractivity contribution in [3.05, 3.63) is 27.7 Å². The van der Waals surface area contributed by atoms with Crippen molar-refractivity contribution in [3.8, 4) is 5.75 Å². The molecule has 1 aromatic rings. The molecule has 4 aliphatic rings. The van der Waals surface area contributed by atoms with Gasteiger partial charge in [-0.2, -0.15) is 0 Å². The van der Waals surface area contributed by atoms with Gasteiger partial charge in [-0.3, -0.25) is 4.79 Å². The Balaban J connectivity index is 1.45. The molecule has 1 aromatic carbocycles. The summed E-state index contributed by atoms with van der Waals surface area (Å²) in [7, 11) is -3.17. The minimum absolute atomic E-state index is 0.0214. The van der Waals surface area contributed by atoms with Gasteiger partial charge in [0.05, 0.1) is 15.8 Å². The van der Waals surface area contributed by atoms with Crippen LogP contribution in [0.25, 0.3) is 0 Å². The number of hydrogen-bond acceptors (Lipinski definition) is 4. The van der Waals surface area contributed by atoms with Crippen molar-refractivity contribution in [1.29, 1.82) is 0 Å². The van der Waals surface area contributed by atoms with E-state index in [1.165, 1.54) is 12.1 Å². The smallest absolute Gasteiger partial charge is 0.255 e. The molecular formula is C16H18Cl2N2O4S. The van der Waals surface area contributed by atoms with Crippen LogP contribution < -0.4 is 5.32 Å². The molecule has 2 N–H and O–H groups in total. The Morgan fingerprint density at radius 2 is 1.84 bits per heavy atom. The normalized spacial score (nSPS) is 29.1. The fourth-order valence-corrected chi connectivity index (χ4v) is 6.28. The number of nitrogens with zero attached hydrogens (tertiary/aromatic N) is 1. The van der Waals surface area contributed by atoms with E-state index in [2.05, 4.69) is 5.32 Å². The standard InChI is InChI=1S/C16H18Cl2N2O4S/c17-10-4-12(15(21)13(18)5-10)16(22)19-14-8-3-9(14)7-20(6-8)25(23,24)11-1-2-11/h4-5,8-9,11,14,21H,1-3,6-7H2,(H,19,22). The molecule has 136 valence electrons. The minimum Gasteiger partial charge on any atom is -0.506 e. The zero-order chi connectivity index (χ0) is 17.9. The van der Waals surface area contributed by atoms with Crippen LogP contribution in [0.15, 0.2) is 12.1 Å². The number of rotatable bonds is 4. The van der Waals surface area contributed by atoms with Crippen LogP contribution in [0.1, 0.15) is 29.6 Å². The molecule has 0 spiro atoms. The predicted molar refractivity (Wildman–Crippen MR) is 94.5 cm³/mol. The largest absolute Gasteiger partial charge is 0.506 e. The van der Waals surface area contributed by atoms with Crippen LogP contribution >= 0.6 is 23.2 Å². The van der Waals surface area contributed by atoms with Crippen LogP contribution in [-0.4, -0.2) is 48.1 Å². The molecule has 2 unspecified atom stereocenters. The number of carbonyl (C=O) groups is 1. The Hall–Kier alpha value is -1.02. The van der Waals surface area contributed by atoms with Gasteiger partial charge in [0.2, 0.25) is 10.0 Å². The Kier molecular flexibility index (Phi) is 4.18. The fraction of sp³-hybridized carbons (Fsp3) is 0.562. The molecule has 2 aliphatic carbocycles. The summed E-state index contributed by atoms with van der Waals surface area (Å²) >= 11 is 11.8. The lowest BCUT2D eigenvalue weighted by Gasteiger charge is -2.53. The van der Waals surface area contributed by atoms with Crippen LogP contribution in [-0.2, 0) is 10.0 Å². The molecule has 2 saturated carbocycles. The highest BCUT2D eigenvalue weighted by Crippen LogP contribution is 2.44. The number of piperidine rings is 2. The molecular weight excluding hydrogens is 387 g/mol. The molecule has 2 atom stereocenters. The van der Waals surface area contributed by atoms with Crippen molar-refractivity contribution in [2.75, 3.05) is 13.1 Å².